The van der Waals surface area contributed by atoms with E-state index in [1.54, 1.807) is 0 Å². The highest BCUT2D eigenvalue weighted by Gasteiger charge is 2.38. The lowest BCUT2D eigenvalue weighted by molar-refractivity contribution is 0.641. The Labute approximate surface area is 433 Å². The molecule has 0 bridgehead atoms. The van der Waals surface area contributed by atoms with E-state index in [0.717, 1.165) is 89.7 Å². The summed E-state index contributed by atoms with van der Waals surface area (Å²) in [6, 6.07) is 72.3. The van der Waals surface area contributed by atoms with Gasteiger partial charge in [-0.2, -0.15) is 0 Å². The van der Waals surface area contributed by atoms with Crippen molar-refractivity contribution in [2.24, 2.45) is 5.92 Å². The zero-order valence-electron chi connectivity index (χ0n) is 40.8. The van der Waals surface area contributed by atoms with Gasteiger partial charge in [-0.25, -0.2) is 19.9 Å². The molecule has 2 aliphatic rings. The molecule has 0 saturated carbocycles. The van der Waals surface area contributed by atoms with Gasteiger partial charge in [-0.15, -0.1) is 0 Å². The van der Waals surface area contributed by atoms with Crippen molar-refractivity contribution in [3.63, 3.8) is 0 Å². The Kier molecular flexibility index (Phi) is 9.49. The van der Waals surface area contributed by atoms with Crippen LogP contribution >= 0.6 is 11.6 Å². The van der Waals surface area contributed by atoms with Gasteiger partial charge in [0.15, 0.2) is 0 Å². The number of nitrogens with zero attached hydrogens (tertiary/aromatic N) is 5. The van der Waals surface area contributed by atoms with Gasteiger partial charge in [0.25, 0.3) is 0 Å². The van der Waals surface area contributed by atoms with Crippen LogP contribution < -0.4 is 0 Å². The van der Waals surface area contributed by atoms with E-state index in [0.29, 0.717) is 5.95 Å². The number of aromatic nitrogens is 5. The number of para-hydroxylation sites is 1. The average Bonchev–Trinajstić information content (AvgIpc) is 3.92. The van der Waals surface area contributed by atoms with Gasteiger partial charge in [0, 0.05) is 54.4 Å². The van der Waals surface area contributed by atoms with Gasteiger partial charge in [-0.05, 0) is 104 Å². The molecule has 15 rings (SSSR count). The quantitative estimate of drug-likeness (QED) is 0.123. The van der Waals surface area contributed by atoms with Crippen LogP contribution in [0.25, 0.3) is 122 Å². The van der Waals surface area contributed by atoms with Crippen LogP contribution in [0.4, 0.5) is 0 Å². The van der Waals surface area contributed by atoms with E-state index in [1.165, 1.54) is 60.8 Å². The number of benzene rings is 10. The number of allylic oxidation sites excluding steroid dienone is 1. The Bertz CT molecular complexity index is 4530. The first kappa shape index (κ1) is 42.9. The summed E-state index contributed by atoms with van der Waals surface area (Å²) in [6.45, 7) is 4.76. The largest absolute Gasteiger partial charge is 0.277 e. The van der Waals surface area contributed by atoms with Gasteiger partial charge < -0.3 is 0 Å². The van der Waals surface area contributed by atoms with Crippen LogP contribution in [0.2, 0.25) is 5.28 Å². The lowest BCUT2D eigenvalue weighted by Crippen LogP contribution is -2.16. The first-order chi connectivity index (χ1) is 36.4. The fourth-order valence-electron chi connectivity index (χ4n) is 12.8. The van der Waals surface area contributed by atoms with E-state index in [1.807, 2.05) is 18.2 Å². The molecule has 2 aliphatic carbocycles. The van der Waals surface area contributed by atoms with E-state index in [9.17, 15) is 0 Å². The molecule has 350 valence electrons. The van der Waals surface area contributed by atoms with E-state index >= 15 is 0 Å². The van der Waals surface area contributed by atoms with Gasteiger partial charge in [0.1, 0.15) is 0 Å². The SMILES string of the molecule is CC1(C)c2ccccc2-c2cccc(-c3cccc4c5ccc6c(c5n(-c5nc(-c7ccccc7)c7ccc8ccccc8c7n5)c34)CC(Cc3ccc4ccc5c(-c7ccccc7)nc(Cl)nc5c4c3)C=C6)c21. The predicted molar refractivity (Wildman–Crippen MR) is 307 cm³/mol. The summed E-state index contributed by atoms with van der Waals surface area (Å²) in [6.07, 6.45) is 6.43. The molecule has 6 heteroatoms. The third kappa shape index (κ3) is 6.49. The maximum Gasteiger partial charge on any atom is 0.235 e. The molecule has 5 nitrogen and oxygen atoms in total. The van der Waals surface area contributed by atoms with Crippen LogP contribution in [-0.2, 0) is 18.3 Å². The predicted octanol–water partition coefficient (Wildman–Crippen LogP) is 17.4. The molecule has 3 aromatic heterocycles. The van der Waals surface area contributed by atoms with E-state index in [4.69, 9.17) is 31.5 Å². The van der Waals surface area contributed by atoms with Crippen molar-refractivity contribution < 1.29 is 0 Å². The second-order valence-electron chi connectivity index (χ2n) is 20.6. The molecule has 0 amide bonds. The van der Waals surface area contributed by atoms with Gasteiger partial charge in [-0.3, -0.25) is 4.57 Å². The highest BCUT2D eigenvalue weighted by atomic mass is 35.5. The summed E-state index contributed by atoms with van der Waals surface area (Å²) >= 11 is 6.70. The molecular weight excluding hydrogens is 922 g/mol. The first-order valence-corrected chi connectivity index (χ1v) is 25.9. The zero-order valence-corrected chi connectivity index (χ0v) is 41.6. The topological polar surface area (TPSA) is 56.5 Å². The second-order valence-corrected chi connectivity index (χ2v) is 21.0. The molecule has 0 radical (unpaired) electrons. The number of rotatable bonds is 6. The Morgan fingerprint density at radius 3 is 1.89 bits per heavy atom. The standard InChI is InChI=1S/C68H46ClN5/c1-68(2)58-26-12-11-21-48(58)49-22-13-23-50(59(49)68)51-24-14-25-52-53-34-31-44-30-28-41(37-40-27-29-43-33-36-54-60(45-16-5-3-6-17-45)70-66(69)71-63(54)56(43)38-40)39-57(44)65(53)74(64(51)52)67-72-61(46-18-7-4-8-19-46)55-35-32-42-15-9-10-20-47(42)62(55)73-67/h3-36,38,41H,37,39H2,1-2H3. The highest BCUT2D eigenvalue weighted by molar-refractivity contribution is 6.29. The average molecular weight is 969 g/mol. The molecule has 0 fully saturated rings. The second kappa shape index (κ2) is 16.4. The van der Waals surface area contributed by atoms with Crippen LogP contribution in [0.1, 0.15) is 41.7 Å². The maximum absolute atomic E-state index is 6.70. The Hall–Kier alpha value is -8.77. The highest BCUT2D eigenvalue weighted by Crippen LogP contribution is 2.53. The van der Waals surface area contributed by atoms with Crippen molar-refractivity contribution in [2.75, 3.05) is 0 Å². The smallest absolute Gasteiger partial charge is 0.235 e. The lowest BCUT2D eigenvalue weighted by Gasteiger charge is -2.25. The molecule has 0 N–H and O–H groups in total. The first-order valence-electron chi connectivity index (χ1n) is 25.6. The van der Waals surface area contributed by atoms with Crippen molar-refractivity contribution in [2.45, 2.75) is 32.1 Å². The Morgan fingerprint density at radius 1 is 0.500 bits per heavy atom. The number of hydrogen-bond acceptors (Lipinski definition) is 4. The van der Waals surface area contributed by atoms with Crippen molar-refractivity contribution in [3.8, 4) is 50.7 Å². The summed E-state index contributed by atoms with van der Waals surface area (Å²) < 4.78 is 2.44. The van der Waals surface area contributed by atoms with Crippen molar-refractivity contribution >= 4 is 82.8 Å². The minimum atomic E-state index is -0.226. The summed E-state index contributed by atoms with van der Waals surface area (Å²) in [7, 11) is 0. The summed E-state index contributed by atoms with van der Waals surface area (Å²) in [4.78, 5) is 21.0. The minimum Gasteiger partial charge on any atom is -0.277 e. The molecule has 1 unspecified atom stereocenters. The molecule has 74 heavy (non-hydrogen) atoms. The van der Waals surface area contributed by atoms with Crippen molar-refractivity contribution in [1.82, 2.24) is 24.5 Å². The third-order valence-electron chi connectivity index (χ3n) is 16.1. The monoisotopic (exact) mass is 967 g/mol. The number of halogens is 1. The Balaban J connectivity index is 0.960. The van der Waals surface area contributed by atoms with Gasteiger partial charge in [0.2, 0.25) is 11.2 Å². The molecular formula is C68H46ClN5. The molecule has 0 spiro atoms. The van der Waals surface area contributed by atoms with Crippen molar-refractivity contribution in [3.05, 3.63) is 239 Å². The van der Waals surface area contributed by atoms with E-state index in [-0.39, 0.29) is 16.6 Å². The van der Waals surface area contributed by atoms with Crippen LogP contribution in [-0.4, -0.2) is 24.5 Å². The lowest BCUT2D eigenvalue weighted by atomic mass is 9.78. The molecule has 13 aromatic rings. The van der Waals surface area contributed by atoms with E-state index in [2.05, 4.69) is 213 Å². The van der Waals surface area contributed by atoms with Gasteiger partial charge in [-0.1, -0.05) is 208 Å². The summed E-state index contributed by atoms with van der Waals surface area (Å²) in [5.74, 6) is 0.870. The molecule has 3 heterocycles. The van der Waals surface area contributed by atoms with Crippen LogP contribution in [0.3, 0.4) is 0 Å². The molecule has 0 saturated heterocycles. The normalized spacial score (nSPS) is 14.6. The van der Waals surface area contributed by atoms with Crippen molar-refractivity contribution in [1.29, 1.82) is 0 Å². The summed E-state index contributed by atoms with van der Waals surface area (Å²) in [5, 5.41) is 9.07. The fourth-order valence-corrected chi connectivity index (χ4v) is 12.9. The van der Waals surface area contributed by atoms with Crippen LogP contribution in [0, 0.1) is 5.92 Å². The third-order valence-corrected chi connectivity index (χ3v) is 16.2. The van der Waals surface area contributed by atoms with E-state index < -0.39 is 0 Å². The molecule has 10 aromatic carbocycles. The Morgan fingerprint density at radius 2 is 1.09 bits per heavy atom. The fraction of sp³-hybridized carbons (Fsp3) is 0.0882. The minimum absolute atomic E-state index is 0.211. The maximum atomic E-state index is 6.70. The summed E-state index contributed by atoms with van der Waals surface area (Å²) in [5.41, 5.74) is 19.1. The van der Waals surface area contributed by atoms with Crippen LogP contribution in [0.15, 0.2) is 206 Å². The zero-order chi connectivity index (χ0) is 49.2. The molecule has 0 aliphatic heterocycles. The number of fused-ring (bicyclic) bond motifs is 14. The van der Waals surface area contributed by atoms with Crippen LogP contribution in [0.5, 0.6) is 0 Å². The molecule has 1 atom stereocenters. The number of hydrogen-bond donors (Lipinski definition) is 0. The van der Waals surface area contributed by atoms with Gasteiger partial charge >= 0.3 is 0 Å². The van der Waals surface area contributed by atoms with Gasteiger partial charge in [0.05, 0.1) is 33.5 Å².